The van der Waals surface area contributed by atoms with Crippen LogP contribution in [0.5, 0.6) is 0 Å². The standard InChI is InChI=1S/C15H21N5O2/c1-11-5-6-13(19-17-8-7-16)14(18-11)15(22)20-9-3-2-4-12(20)10-21/h5-8,12,16,19,21H,2-4,9-10H2,1H3/b16-7?,17-8-/t12-/m0/s1. The number of amides is 1. The monoisotopic (exact) mass is 303 g/mol. The van der Waals surface area contributed by atoms with E-state index in [-0.39, 0.29) is 18.6 Å². The third-order valence-electron chi connectivity index (χ3n) is 3.67. The van der Waals surface area contributed by atoms with Gasteiger partial charge in [-0.1, -0.05) is 0 Å². The number of hydrazone groups is 1. The maximum Gasteiger partial charge on any atom is 0.275 e. The van der Waals surface area contributed by atoms with Gasteiger partial charge in [0.2, 0.25) is 0 Å². The van der Waals surface area contributed by atoms with Crippen LogP contribution in [0.1, 0.15) is 35.4 Å². The number of aromatic nitrogens is 1. The van der Waals surface area contributed by atoms with E-state index in [1.165, 1.54) is 6.21 Å². The van der Waals surface area contributed by atoms with E-state index in [1.807, 2.05) is 6.92 Å². The van der Waals surface area contributed by atoms with Gasteiger partial charge in [0.05, 0.1) is 24.6 Å². The van der Waals surface area contributed by atoms with Crippen molar-refractivity contribution < 1.29 is 9.90 Å². The molecule has 1 aromatic rings. The molecule has 0 saturated carbocycles. The first kappa shape index (κ1) is 16.1. The Morgan fingerprint density at radius 1 is 1.59 bits per heavy atom. The molecule has 3 N–H and O–H groups in total. The van der Waals surface area contributed by atoms with Crippen LogP contribution >= 0.6 is 0 Å². The van der Waals surface area contributed by atoms with E-state index < -0.39 is 0 Å². The second-order valence-corrected chi connectivity index (χ2v) is 5.24. The fraction of sp³-hybridized carbons (Fsp3) is 0.467. The number of piperidine rings is 1. The number of likely N-dealkylation sites (tertiary alicyclic amines) is 1. The minimum Gasteiger partial charge on any atom is -0.394 e. The molecule has 1 aliphatic heterocycles. The Morgan fingerprint density at radius 2 is 2.41 bits per heavy atom. The Labute approximate surface area is 129 Å². The van der Waals surface area contributed by atoms with Crippen molar-refractivity contribution in [3.63, 3.8) is 0 Å². The van der Waals surface area contributed by atoms with Crippen molar-refractivity contribution in [3.05, 3.63) is 23.5 Å². The zero-order valence-electron chi connectivity index (χ0n) is 12.6. The quantitative estimate of drug-likeness (QED) is 0.565. The Bertz CT molecular complexity index is 573. The number of hydrogen-bond donors (Lipinski definition) is 3. The zero-order chi connectivity index (χ0) is 15.9. The van der Waals surface area contributed by atoms with Gasteiger partial charge in [-0.25, -0.2) is 4.98 Å². The summed E-state index contributed by atoms with van der Waals surface area (Å²) in [5.74, 6) is -0.199. The largest absolute Gasteiger partial charge is 0.394 e. The van der Waals surface area contributed by atoms with Gasteiger partial charge < -0.3 is 15.4 Å². The Morgan fingerprint density at radius 3 is 3.14 bits per heavy atom. The highest BCUT2D eigenvalue weighted by molar-refractivity contribution is 6.14. The van der Waals surface area contributed by atoms with Crippen LogP contribution in [0.3, 0.4) is 0 Å². The summed E-state index contributed by atoms with van der Waals surface area (Å²) in [6, 6.07) is 3.38. The second kappa shape index (κ2) is 7.65. The van der Waals surface area contributed by atoms with Gasteiger partial charge in [-0.05, 0) is 38.3 Å². The summed E-state index contributed by atoms with van der Waals surface area (Å²) in [5, 5.41) is 20.2. The minimum atomic E-state index is -0.199. The van der Waals surface area contributed by atoms with E-state index in [0.29, 0.717) is 17.9 Å². The highest BCUT2D eigenvalue weighted by Gasteiger charge is 2.29. The topological polar surface area (TPSA) is 102 Å². The molecule has 1 amide bonds. The second-order valence-electron chi connectivity index (χ2n) is 5.24. The zero-order valence-corrected chi connectivity index (χ0v) is 12.6. The molecular weight excluding hydrogens is 282 g/mol. The van der Waals surface area contributed by atoms with Crippen molar-refractivity contribution in [1.82, 2.24) is 9.88 Å². The minimum absolute atomic E-state index is 0.0354. The van der Waals surface area contributed by atoms with Gasteiger partial charge in [-0.3, -0.25) is 10.2 Å². The first-order valence-electron chi connectivity index (χ1n) is 7.35. The maximum absolute atomic E-state index is 12.8. The number of carbonyl (C=O) groups excluding carboxylic acids is 1. The molecule has 7 nitrogen and oxygen atoms in total. The molecule has 0 aromatic carbocycles. The molecule has 0 radical (unpaired) electrons. The van der Waals surface area contributed by atoms with Gasteiger partial charge in [0, 0.05) is 18.5 Å². The van der Waals surface area contributed by atoms with E-state index in [1.54, 1.807) is 17.0 Å². The highest BCUT2D eigenvalue weighted by Crippen LogP contribution is 2.22. The van der Waals surface area contributed by atoms with Gasteiger partial charge in [0.1, 0.15) is 0 Å². The molecule has 1 aromatic heterocycles. The van der Waals surface area contributed by atoms with Crippen LogP contribution in [-0.2, 0) is 0 Å². The smallest absolute Gasteiger partial charge is 0.275 e. The summed E-state index contributed by atoms with van der Waals surface area (Å²) in [4.78, 5) is 18.8. The number of nitrogens with zero attached hydrogens (tertiary/aromatic N) is 3. The van der Waals surface area contributed by atoms with Gasteiger partial charge in [0.25, 0.3) is 5.91 Å². The lowest BCUT2D eigenvalue weighted by atomic mass is 10.0. The van der Waals surface area contributed by atoms with Gasteiger partial charge in [-0.2, -0.15) is 5.10 Å². The van der Waals surface area contributed by atoms with Crippen molar-refractivity contribution in [2.75, 3.05) is 18.6 Å². The first-order valence-corrected chi connectivity index (χ1v) is 7.35. The van der Waals surface area contributed by atoms with E-state index in [2.05, 4.69) is 15.5 Å². The normalized spacial score (nSPS) is 18.5. The fourth-order valence-electron chi connectivity index (χ4n) is 2.55. The molecule has 0 aliphatic carbocycles. The van der Waals surface area contributed by atoms with Crippen LogP contribution < -0.4 is 5.43 Å². The Kier molecular flexibility index (Phi) is 5.60. The number of nitrogens with one attached hydrogen (secondary N) is 2. The van der Waals surface area contributed by atoms with Gasteiger partial charge in [0.15, 0.2) is 5.69 Å². The maximum atomic E-state index is 12.8. The number of pyridine rings is 1. The van der Waals surface area contributed by atoms with Gasteiger partial charge in [-0.15, -0.1) is 0 Å². The SMILES string of the molecule is Cc1ccc(N/N=C\C=N)c(C(=O)N2CCCC[C@H]2CO)n1. The van der Waals surface area contributed by atoms with Crippen LogP contribution in [0.4, 0.5) is 5.69 Å². The van der Waals surface area contributed by atoms with Crippen molar-refractivity contribution in [3.8, 4) is 0 Å². The molecule has 1 saturated heterocycles. The summed E-state index contributed by atoms with van der Waals surface area (Å²) in [6.07, 6.45) is 5.09. The third kappa shape index (κ3) is 3.67. The number of aryl methyl sites for hydroxylation is 1. The summed E-state index contributed by atoms with van der Waals surface area (Å²) < 4.78 is 0. The molecule has 0 spiro atoms. The van der Waals surface area contributed by atoms with Crippen molar-refractivity contribution in [1.29, 1.82) is 5.41 Å². The third-order valence-corrected chi connectivity index (χ3v) is 3.67. The first-order chi connectivity index (χ1) is 10.7. The van der Waals surface area contributed by atoms with Crippen molar-refractivity contribution >= 4 is 24.0 Å². The van der Waals surface area contributed by atoms with Crippen LogP contribution in [0.2, 0.25) is 0 Å². The molecule has 2 heterocycles. The number of carbonyl (C=O) groups is 1. The predicted molar refractivity (Wildman–Crippen MR) is 85.6 cm³/mol. The molecule has 2 rings (SSSR count). The molecule has 22 heavy (non-hydrogen) atoms. The lowest BCUT2D eigenvalue weighted by Gasteiger charge is -2.34. The number of hydrogen-bond acceptors (Lipinski definition) is 6. The number of rotatable bonds is 5. The molecule has 1 aliphatic rings. The van der Waals surface area contributed by atoms with Crippen LogP contribution in [0, 0.1) is 12.3 Å². The Hall–Kier alpha value is -2.28. The highest BCUT2D eigenvalue weighted by atomic mass is 16.3. The Balaban J connectivity index is 2.28. The van der Waals surface area contributed by atoms with Crippen LogP contribution in [0.25, 0.3) is 0 Å². The van der Waals surface area contributed by atoms with Crippen molar-refractivity contribution in [2.45, 2.75) is 32.2 Å². The average molecular weight is 303 g/mol. The molecule has 7 heteroatoms. The summed E-state index contributed by atoms with van der Waals surface area (Å²) >= 11 is 0. The fourth-order valence-corrected chi connectivity index (χ4v) is 2.55. The average Bonchev–Trinajstić information content (AvgIpc) is 2.55. The number of anilines is 1. The van der Waals surface area contributed by atoms with Crippen molar-refractivity contribution in [2.24, 2.45) is 5.10 Å². The number of aliphatic hydroxyl groups excluding tert-OH is 1. The van der Waals surface area contributed by atoms with E-state index in [9.17, 15) is 9.90 Å². The molecular formula is C15H21N5O2. The van der Waals surface area contributed by atoms with E-state index in [4.69, 9.17) is 5.41 Å². The lowest BCUT2D eigenvalue weighted by molar-refractivity contribution is 0.0498. The molecule has 1 fully saturated rings. The predicted octanol–water partition coefficient (Wildman–Crippen LogP) is 1.42. The number of aliphatic hydroxyl groups is 1. The van der Waals surface area contributed by atoms with Crippen LogP contribution in [0.15, 0.2) is 17.2 Å². The summed E-state index contributed by atoms with van der Waals surface area (Å²) in [5.41, 5.74) is 4.27. The van der Waals surface area contributed by atoms with Gasteiger partial charge >= 0.3 is 0 Å². The summed E-state index contributed by atoms with van der Waals surface area (Å²) in [7, 11) is 0. The lowest BCUT2D eigenvalue weighted by Crippen LogP contribution is -2.46. The van der Waals surface area contributed by atoms with E-state index >= 15 is 0 Å². The molecule has 0 unspecified atom stereocenters. The van der Waals surface area contributed by atoms with Crippen LogP contribution in [-0.4, -0.2) is 52.5 Å². The van der Waals surface area contributed by atoms with E-state index in [0.717, 1.165) is 31.2 Å². The molecule has 1 atom stereocenters. The summed E-state index contributed by atoms with van der Waals surface area (Å²) in [6.45, 7) is 2.41. The molecule has 118 valence electrons. The molecule has 0 bridgehead atoms.